The zero-order valence-corrected chi connectivity index (χ0v) is 12.8. The van der Waals surface area contributed by atoms with Gasteiger partial charge < -0.3 is 15.0 Å². The van der Waals surface area contributed by atoms with Crippen LogP contribution in [0.15, 0.2) is 6.07 Å². The molecule has 1 aromatic rings. The highest BCUT2D eigenvalue weighted by Crippen LogP contribution is 2.17. The molecule has 0 spiro atoms. The Morgan fingerprint density at radius 3 is 2.85 bits per heavy atom. The molecule has 20 heavy (non-hydrogen) atoms. The van der Waals surface area contributed by atoms with Crippen molar-refractivity contribution in [3.63, 3.8) is 0 Å². The van der Waals surface area contributed by atoms with Crippen LogP contribution in [0.3, 0.4) is 0 Å². The van der Waals surface area contributed by atoms with E-state index in [1.807, 2.05) is 32.5 Å². The molecule has 0 saturated carbocycles. The summed E-state index contributed by atoms with van der Waals surface area (Å²) >= 11 is 0. The maximum Gasteiger partial charge on any atom is 0.410 e. The second-order valence-electron chi connectivity index (χ2n) is 6.14. The van der Waals surface area contributed by atoms with Crippen LogP contribution in [0, 0.1) is 0 Å². The molecule has 0 saturated heterocycles. The fraction of sp³-hybridized carbons (Fsp3) is 0.714. The van der Waals surface area contributed by atoms with Crippen molar-refractivity contribution in [2.45, 2.75) is 52.4 Å². The van der Waals surface area contributed by atoms with E-state index in [0.717, 1.165) is 30.9 Å². The first kappa shape index (κ1) is 14.8. The summed E-state index contributed by atoms with van der Waals surface area (Å²) in [5.41, 5.74) is 1.62. The Morgan fingerprint density at radius 2 is 2.20 bits per heavy atom. The van der Waals surface area contributed by atoms with E-state index in [0.29, 0.717) is 13.1 Å². The molecule has 1 amide bonds. The lowest BCUT2D eigenvalue weighted by atomic mass is 10.2. The van der Waals surface area contributed by atoms with Gasteiger partial charge in [-0.15, -0.1) is 0 Å². The minimum atomic E-state index is -0.457. The molecule has 1 N–H and O–H groups in total. The molecule has 2 rings (SSSR count). The largest absolute Gasteiger partial charge is 0.444 e. The van der Waals surface area contributed by atoms with E-state index < -0.39 is 5.60 Å². The van der Waals surface area contributed by atoms with Gasteiger partial charge in [-0.3, -0.25) is 4.68 Å². The number of fused-ring (bicyclic) bond motifs is 1. The van der Waals surface area contributed by atoms with Crippen LogP contribution in [0.1, 0.15) is 38.6 Å². The Morgan fingerprint density at radius 1 is 1.45 bits per heavy atom. The van der Waals surface area contributed by atoms with Crippen molar-refractivity contribution in [2.75, 3.05) is 13.6 Å². The standard InChI is InChI=1S/C14H24N4O2/c1-14(2,3)20-13(19)17-6-5-7-18-12(10-17)8-11(16-18)9-15-4/h8,15H,5-7,9-10H2,1-4H3. The van der Waals surface area contributed by atoms with Crippen LogP contribution in [-0.2, 0) is 24.4 Å². The lowest BCUT2D eigenvalue weighted by Crippen LogP contribution is -2.36. The molecule has 6 nitrogen and oxygen atoms in total. The van der Waals surface area contributed by atoms with Gasteiger partial charge in [0.05, 0.1) is 17.9 Å². The number of carbonyl (C=O) groups excluding carboxylic acids is 1. The SMILES string of the molecule is CNCc1cc2n(n1)CCCN(C(=O)OC(C)(C)C)C2. The number of nitrogens with one attached hydrogen (secondary N) is 1. The van der Waals surface area contributed by atoms with Gasteiger partial charge in [-0.25, -0.2) is 4.79 Å². The number of amides is 1. The average Bonchev–Trinajstić information content (AvgIpc) is 2.57. The van der Waals surface area contributed by atoms with Crippen molar-refractivity contribution in [3.8, 4) is 0 Å². The van der Waals surface area contributed by atoms with Crippen molar-refractivity contribution in [3.05, 3.63) is 17.5 Å². The third kappa shape index (κ3) is 3.72. The zero-order valence-electron chi connectivity index (χ0n) is 12.8. The normalized spacial score (nSPS) is 15.7. The van der Waals surface area contributed by atoms with Gasteiger partial charge >= 0.3 is 6.09 Å². The Balaban J connectivity index is 2.09. The van der Waals surface area contributed by atoms with Crippen LogP contribution in [0.25, 0.3) is 0 Å². The van der Waals surface area contributed by atoms with E-state index in [9.17, 15) is 4.79 Å². The highest BCUT2D eigenvalue weighted by Gasteiger charge is 2.25. The number of hydrogen-bond acceptors (Lipinski definition) is 4. The predicted octanol–water partition coefficient (Wildman–Crippen LogP) is 1.74. The van der Waals surface area contributed by atoms with E-state index >= 15 is 0 Å². The molecule has 2 heterocycles. The molecule has 0 radical (unpaired) electrons. The topological polar surface area (TPSA) is 59.4 Å². The summed E-state index contributed by atoms with van der Waals surface area (Å²) in [6, 6.07) is 2.05. The highest BCUT2D eigenvalue weighted by molar-refractivity contribution is 5.68. The fourth-order valence-corrected chi connectivity index (χ4v) is 2.27. The van der Waals surface area contributed by atoms with Gasteiger partial charge in [0.2, 0.25) is 0 Å². The first-order chi connectivity index (χ1) is 9.39. The quantitative estimate of drug-likeness (QED) is 0.896. The van der Waals surface area contributed by atoms with Gasteiger partial charge in [0.1, 0.15) is 5.60 Å². The van der Waals surface area contributed by atoms with Gasteiger partial charge in [0, 0.05) is 19.6 Å². The molecule has 0 bridgehead atoms. The summed E-state index contributed by atoms with van der Waals surface area (Å²) in [4.78, 5) is 13.9. The first-order valence-electron chi connectivity index (χ1n) is 7.07. The Kier molecular flexibility index (Phi) is 4.32. The molecule has 1 aromatic heterocycles. The zero-order chi connectivity index (χ0) is 14.8. The van der Waals surface area contributed by atoms with E-state index in [-0.39, 0.29) is 6.09 Å². The Hall–Kier alpha value is -1.56. The molecule has 1 aliphatic rings. The molecule has 112 valence electrons. The van der Waals surface area contributed by atoms with Crippen LogP contribution in [0.4, 0.5) is 4.79 Å². The molecule has 0 aliphatic carbocycles. The third-order valence-electron chi connectivity index (χ3n) is 3.07. The molecule has 0 unspecified atom stereocenters. The van der Waals surface area contributed by atoms with Crippen molar-refractivity contribution in [1.29, 1.82) is 0 Å². The summed E-state index contributed by atoms with van der Waals surface area (Å²) in [7, 11) is 1.90. The first-order valence-corrected chi connectivity index (χ1v) is 7.07. The van der Waals surface area contributed by atoms with Crippen molar-refractivity contribution < 1.29 is 9.53 Å². The van der Waals surface area contributed by atoms with Crippen LogP contribution in [-0.4, -0.2) is 40.0 Å². The lowest BCUT2D eigenvalue weighted by Gasteiger charge is -2.26. The van der Waals surface area contributed by atoms with Crippen molar-refractivity contribution >= 4 is 6.09 Å². The van der Waals surface area contributed by atoms with Gasteiger partial charge in [-0.1, -0.05) is 0 Å². The Labute approximate surface area is 120 Å². The van der Waals surface area contributed by atoms with E-state index in [4.69, 9.17) is 4.74 Å². The third-order valence-corrected chi connectivity index (χ3v) is 3.07. The number of carbonyl (C=O) groups is 1. The molecule has 0 fully saturated rings. The highest BCUT2D eigenvalue weighted by atomic mass is 16.6. The maximum absolute atomic E-state index is 12.2. The van der Waals surface area contributed by atoms with Crippen LogP contribution in [0.5, 0.6) is 0 Å². The predicted molar refractivity (Wildman–Crippen MR) is 76.3 cm³/mol. The molecule has 6 heteroatoms. The molecular formula is C14H24N4O2. The van der Waals surface area contributed by atoms with Gasteiger partial charge in [0.15, 0.2) is 0 Å². The maximum atomic E-state index is 12.2. The smallest absolute Gasteiger partial charge is 0.410 e. The summed E-state index contributed by atoms with van der Waals surface area (Å²) in [5.74, 6) is 0. The molecule has 0 atom stereocenters. The molecular weight excluding hydrogens is 256 g/mol. The van der Waals surface area contributed by atoms with Crippen LogP contribution >= 0.6 is 0 Å². The number of aromatic nitrogens is 2. The van der Waals surface area contributed by atoms with Gasteiger partial charge in [0.25, 0.3) is 0 Å². The summed E-state index contributed by atoms with van der Waals surface area (Å²) < 4.78 is 7.44. The number of ether oxygens (including phenoxy) is 1. The minimum Gasteiger partial charge on any atom is -0.444 e. The van der Waals surface area contributed by atoms with E-state index in [2.05, 4.69) is 16.5 Å². The molecule has 0 aromatic carbocycles. The monoisotopic (exact) mass is 280 g/mol. The second kappa shape index (κ2) is 5.83. The van der Waals surface area contributed by atoms with Gasteiger partial charge in [-0.2, -0.15) is 5.10 Å². The van der Waals surface area contributed by atoms with Crippen molar-refractivity contribution in [2.24, 2.45) is 0 Å². The second-order valence-corrected chi connectivity index (χ2v) is 6.14. The number of nitrogens with zero attached hydrogens (tertiary/aromatic N) is 3. The summed E-state index contributed by atoms with van der Waals surface area (Å²) in [5, 5.41) is 7.64. The van der Waals surface area contributed by atoms with E-state index in [1.165, 1.54) is 0 Å². The van der Waals surface area contributed by atoms with Crippen LogP contribution < -0.4 is 5.32 Å². The Bertz CT molecular complexity index is 476. The minimum absolute atomic E-state index is 0.248. The summed E-state index contributed by atoms with van der Waals surface area (Å²) in [6.45, 7) is 8.52. The number of hydrogen-bond donors (Lipinski definition) is 1. The molecule has 1 aliphatic heterocycles. The number of aryl methyl sites for hydroxylation is 1. The average molecular weight is 280 g/mol. The van der Waals surface area contributed by atoms with Gasteiger partial charge in [-0.05, 0) is 40.3 Å². The summed E-state index contributed by atoms with van der Waals surface area (Å²) in [6.07, 6.45) is 0.648. The van der Waals surface area contributed by atoms with Crippen LogP contribution in [0.2, 0.25) is 0 Å². The number of rotatable bonds is 2. The van der Waals surface area contributed by atoms with Crippen molar-refractivity contribution in [1.82, 2.24) is 20.0 Å². The van der Waals surface area contributed by atoms with E-state index in [1.54, 1.807) is 4.90 Å². The lowest BCUT2D eigenvalue weighted by molar-refractivity contribution is 0.0236. The fourth-order valence-electron chi connectivity index (χ4n) is 2.27.